The standard InChI is InChI=1S/C41H31N/c1-24-14-19-27(20-15-24)42(28-21-16-25(2)17-22-28)40-31-11-6-10-30-29-9-5-8-26-18-23-34-38(35(26)29)39(36(30)31)37-32(40)12-7-13-33(37)41(34,3)4/h5-23H,1-4H3. The molecule has 1 aliphatic carbocycles. The van der Waals surface area contributed by atoms with Crippen LogP contribution in [0.5, 0.6) is 0 Å². The lowest BCUT2D eigenvalue weighted by atomic mass is 9.68. The smallest absolute Gasteiger partial charge is 0.0619 e. The molecule has 200 valence electrons. The Morgan fingerprint density at radius 3 is 1.62 bits per heavy atom. The number of anilines is 3. The maximum atomic E-state index is 2.49. The van der Waals surface area contributed by atoms with Gasteiger partial charge in [-0.1, -0.05) is 116 Å². The van der Waals surface area contributed by atoms with Crippen molar-refractivity contribution in [2.24, 2.45) is 0 Å². The van der Waals surface area contributed by atoms with Crippen molar-refractivity contribution < 1.29 is 0 Å². The van der Waals surface area contributed by atoms with E-state index < -0.39 is 0 Å². The van der Waals surface area contributed by atoms with Crippen molar-refractivity contribution in [2.75, 3.05) is 4.90 Å². The van der Waals surface area contributed by atoms with Gasteiger partial charge in [0, 0.05) is 32.9 Å². The number of fused-ring (bicyclic) bond motifs is 1. The van der Waals surface area contributed by atoms with E-state index in [4.69, 9.17) is 0 Å². The van der Waals surface area contributed by atoms with Crippen LogP contribution in [0, 0.1) is 13.8 Å². The summed E-state index contributed by atoms with van der Waals surface area (Å²) in [7, 11) is 0. The fourth-order valence-corrected chi connectivity index (χ4v) is 7.87. The second-order valence-electron chi connectivity index (χ2n) is 12.7. The van der Waals surface area contributed by atoms with Gasteiger partial charge in [0.1, 0.15) is 0 Å². The summed E-state index contributed by atoms with van der Waals surface area (Å²) in [5.74, 6) is 0. The van der Waals surface area contributed by atoms with Crippen molar-refractivity contribution in [2.45, 2.75) is 33.1 Å². The average molecular weight is 538 g/mol. The molecule has 0 unspecified atom stereocenters. The summed E-state index contributed by atoms with van der Waals surface area (Å²) in [5, 5.41) is 13.6. The maximum Gasteiger partial charge on any atom is 0.0619 e. The Morgan fingerprint density at radius 1 is 0.429 bits per heavy atom. The van der Waals surface area contributed by atoms with E-state index in [-0.39, 0.29) is 5.41 Å². The predicted octanol–water partition coefficient (Wildman–Crippen LogP) is 11.6. The second-order valence-corrected chi connectivity index (χ2v) is 12.7. The Morgan fingerprint density at radius 2 is 0.952 bits per heavy atom. The summed E-state index contributed by atoms with van der Waals surface area (Å²) in [5.41, 5.74) is 8.84. The van der Waals surface area contributed by atoms with Crippen LogP contribution in [0.1, 0.15) is 36.1 Å². The normalized spacial score (nSPS) is 13.9. The molecule has 0 bridgehead atoms. The fourth-order valence-electron chi connectivity index (χ4n) is 7.87. The first-order valence-corrected chi connectivity index (χ1v) is 15.0. The number of rotatable bonds is 3. The van der Waals surface area contributed by atoms with Gasteiger partial charge in [0.15, 0.2) is 0 Å². The van der Waals surface area contributed by atoms with Crippen LogP contribution in [0.25, 0.3) is 53.9 Å². The molecular weight excluding hydrogens is 506 g/mol. The highest BCUT2D eigenvalue weighted by Crippen LogP contribution is 2.56. The molecule has 0 saturated heterocycles. The van der Waals surface area contributed by atoms with Gasteiger partial charge in [0.05, 0.1) is 5.69 Å². The first-order chi connectivity index (χ1) is 20.4. The van der Waals surface area contributed by atoms with Crippen LogP contribution in [0.3, 0.4) is 0 Å². The molecule has 1 aliphatic rings. The van der Waals surface area contributed by atoms with Gasteiger partial charge in [-0.3, -0.25) is 0 Å². The van der Waals surface area contributed by atoms with Crippen LogP contribution in [0.2, 0.25) is 0 Å². The van der Waals surface area contributed by atoms with Gasteiger partial charge in [-0.2, -0.15) is 0 Å². The Bertz CT molecular complexity index is 2330. The van der Waals surface area contributed by atoms with Crippen molar-refractivity contribution in [3.63, 3.8) is 0 Å². The van der Waals surface area contributed by atoms with Crippen molar-refractivity contribution in [1.29, 1.82) is 0 Å². The van der Waals surface area contributed by atoms with Crippen molar-refractivity contribution in [3.05, 3.63) is 138 Å². The lowest BCUT2D eigenvalue weighted by Crippen LogP contribution is -2.23. The highest BCUT2D eigenvalue weighted by molar-refractivity contribution is 6.42. The molecule has 42 heavy (non-hydrogen) atoms. The third kappa shape index (κ3) is 2.93. The van der Waals surface area contributed by atoms with Crippen LogP contribution in [0.4, 0.5) is 17.1 Å². The van der Waals surface area contributed by atoms with E-state index in [9.17, 15) is 0 Å². The van der Waals surface area contributed by atoms with Gasteiger partial charge < -0.3 is 4.90 Å². The largest absolute Gasteiger partial charge is 0.309 e. The molecule has 0 aromatic heterocycles. The number of benzene rings is 8. The van der Waals surface area contributed by atoms with Crippen LogP contribution in [-0.2, 0) is 5.41 Å². The molecule has 0 spiro atoms. The van der Waals surface area contributed by atoms with E-state index in [1.807, 2.05) is 0 Å². The van der Waals surface area contributed by atoms with E-state index in [0.717, 1.165) is 0 Å². The number of hydrogen-bond donors (Lipinski definition) is 0. The molecule has 0 atom stereocenters. The number of aryl methyl sites for hydroxylation is 2. The van der Waals surface area contributed by atoms with E-state index in [0.29, 0.717) is 0 Å². The quantitative estimate of drug-likeness (QED) is 0.160. The zero-order chi connectivity index (χ0) is 28.3. The molecule has 0 heterocycles. The molecule has 0 aliphatic heterocycles. The van der Waals surface area contributed by atoms with Gasteiger partial charge >= 0.3 is 0 Å². The van der Waals surface area contributed by atoms with Crippen LogP contribution in [-0.4, -0.2) is 0 Å². The van der Waals surface area contributed by atoms with Crippen molar-refractivity contribution in [3.8, 4) is 0 Å². The maximum absolute atomic E-state index is 2.49. The zero-order valence-corrected chi connectivity index (χ0v) is 24.4. The summed E-state index contributed by atoms with van der Waals surface area (Å²) in [6, 6.07) is 43.5. The number of hydrogen-bond acceptors (Lipinski definition) is 1. The second kappa shape index (κ2) is 8.11. The lowest BCUT2D eigenvalue weighted by Gasteiger charge is -2.37. The van der Waals surface area contributed by atoms with Crippen LogP contribution >= 0.6 is 0 Å². The van der Waals surface area contributed by atoms with Crippen LogP contribution < -0.4 is 4.90 Å². The van der Waals surface area contributed by atoms with Gasteiger partial charge in [0.2, 0.25) is 0 Å². The summed E-state index contributed by atoms with van der Waals surface area (Å²) >= 11 is 0. The van der Waals surface area contributed by atoms with Gasteiger partial charge in [-0.05, 0) is 86.9 Å². The Balaban J connectivity index is 1.58. The van der Waals surface area contributed by atoms with E-state index in [2.05, 4.69) is 148 Å². The van der Waals surface area contributed by atoms with E-state index in [1.165, 1.54) is 93.2 Å². The molecule has 0 amide bonds. The topological polar surface area (TPSA) is 3.24 Å². The summed E-state index contributed by atoms with van der Waals surface area (Å²) in [6.07, 6.45) is 0. The highest BCUT2D eigenvalue weighted by Gasteiger charge is 2.35. The monoisotopic (exact) mass is 537 g/mol. The zero-order valence-electron chi connectivity index (χ0n) is 24.4. The van der Waals surface area contributed by atoms with Crippen LogP contribution in [0.15, 0.2) is 115 Å². The third-order valence-electron chi connectivity index (χ3n) is 9.88. The minimum atomic E-state index is -0.126. The van der Waals surface area contributed by atoms with E-state index >= 15 is 0 Å². The molecule has 9 rings (SSSR count). The van der Waals surface area contributed by atoms with Gasteiger partial charge in [-0.15, -0.1) is 0 Å². The highest BCUT2D eigenvalue weighted by atomic mass is 15.1. The molecule has 8 aromatic rings. The molecule has 1 nitrogen and oxygen atoms in total. The van der Waals surface area contributed by atoms with Crippen molar-refractivity contribution >= 4 is 70.9 Å². The number of nitrogens with zero attached hydrogens (tertiary/aromatic N) is 1. The molecule has 1 heteroatoms. The van der Waals surface area contributed by atoms with E-state index in [1.54, 1.807) is 0 Å². The van der Waals surface area contributed by atoms with Gasteiger partial charge in [0.25, 0.3) is 0 Å². The Kier molecular flexibility index (Phi) is 4.59. The lowest BCUT2D eigenvalue weighted by molar-refractivity contribution is 0.652. The first-order valence-electron chi connectivity index (χ1n) is 15.0. The molecule has 0 saturated carbocycles. The first kappa shape index (κ1) is 23.8. The minimum absolute atomic E-state index is 0.126. The molecule has 8 aromatic carbocycles. The third-order valence-corrected chi connectivity index (χ3v) is 9.88. The Hall–Kier alpha value is -4.88. The predicted molar refractivity (Wildman–Crippen MR) is 181 cm³/mol. The summed E-state index contributed by atoms with van der Waals surface area (Å²) in [4.78, 5) is 2.49. The molecule has 0 N–H and O–H groups in total. The average Bonchev–Trinajstić information content (AvgIpc) is 3.01. The molecule has 0 fully saturated rings. The molecular formula is C41H31N. The summed E-state index contributed by atoms with van der Waals surface area (Å²) in [6.45, 7) is 9.14. The molecule has 0 radical (unpaired) electrons. The fraction of sp³-hybridized carbons (Fsp3) is 0.122. The minimum Gasteiger partial charge on any atom is -0.309 e. The van der Waals surface area contributed by atoms with Crippen molar-refractivity contribution in [1.82, 2.24) is 0 Å². The van der Waals surface area contributed by atoms with Gasteiger partial charge in [-0.25, -0.2) is 0 Å². The summed E-state index contributed by atoms with van der Waals surface area (Å²) < 4.78 is 0. The Labute approximate surface area is 246 Å². The SMILES string of the molecule is Cc1ccc(N(c2ccc(C)cc2)c2c3cccc4c3c3c5c(ccc6cccc(c7cccc2c73)c65)C4(C)C)cc1.